The highest BCUT2D eigenvalue weighted by molar-refractivity contribution is 5.95. The molecule has 2 unspecified atom stereocenters. The van der Waals surface area contributed by atoms with Crippen LogP contribution >= 0.6 is 0 Å². The van der Waals surface area contributed by atoms with Gasteiger partial charge in [-0.15, -0.1) is 0 Å². The van der Waals surface area contributed by atoms with Gasteiger partial charge in [0.05, 0.1) is 18.4 Å². The number of aryl methyl sites for hydroxylation is 1. The van der Waals surface area contributed by atoms with Crippen LogP contribution in [0, 0.1) is 18.8 Å². The van der Waals surface area contributed by atoms with Gasteiger partial charge < -0.3 is 15.2 Å². The van der Waals surface area contributed by atoms with Crippen molar-refractivity contribution >= 4 is 17.6 Å². The summed E-state index contributed by atoms with van der Waals surface area (Å²) in [5.41, 5.74) is 2.68. The third-order valence-electron chi connectivity index (χ3n) is 4.34. The van der Waals surface area contributed by atoms with E-state index >= 15 is 0 Å². The number of aliphatic carboxylic acids is 1. The number of carbonyl (C=O) groups is 2. The number of carboxylic acid groups (broad SMARTS) is 1. The summed E-state index contributed by atoms with van der Waals surface area (Å²) in [7, 11) is 0. The van der Waals surface area contributed by atoms with E-state index in [-0.39, 0.29) is 5.91 Å². The van der Waals surface area contributed by atoms with E-state index in [2.05, 4.69) is 5.32 Å². The number of anilines is 1. The fourth-order valence-electron chi connectivity index (χ4n) is 2.68. The standard InChI is InChI=1S/C21H25NO4/c1-4-26-18-11-9-17(10-12-18)22-20(23)19(15(3)21(24)25)13-16-7-5-14(2)6-8-16/h5-12,15,19H,4,13H2,1-3H3,(H,22,23)(H,24,25). The highest BCUT2D eigenvalue weighted by atomic mass is 16.5. The van der Waals surface area contributed by atoms with Gasteiger partial charge in [-0.2, -0.15) is 0 Å². The van der Waals surface area contributed by atoms with E-state index in [4.69, 9.17) is 4.74 Å². The van der Waals surface area contributed by atoms with Gasteiger partial charge in [-0.1, -0.05) is 36.8 Å². The SMILES string of the molecule is CCOc1ccc(NC(=O)C(Cc2ccc(C)cc2)C(C)C(=O)O)cc1. The summed E-state index contributed by atoms with van der Waals surface area (Å²) < 4.78 is 5.38. The number of hydrogen-bond donors (Lipinski definition) is 2. The Labute approximate surface area is 154 Å². The molecule has 0 heterocycles. The van der Waals surface area contributed by atoms with Crippen LogP contribution in [-0.4, -0.2) is 23.6 Å². The van der Waals surface area contributed by atoms with Crippen molar-refractivity contribution in [2.75, 3.05) is 11.9 Å². The molecule has 2 atom stereocenters. The summed E-state index contributed by atoms with van der Waals surface area (Å²) in [6, 6.07) is 14.8. The van der Waals surface area contributed by atoms with Crippen molar-refractivity contribution in [1.82, 2.24) is 0 Å². The lowest BCUT2D eigenvalue weighted by Gasteiger charge is -2.21. The van der Waals surface area contributed by atoms with Gasteiger partial charge in [0.25, 0.3) is 0 Å². The Morgan fingerprint density at radius 3 is 2.23 bits per heavy atom. The topological polar surface area (TPSA) is 75.6 Å². The second-order valence-electron chi connectivity index (χ2n) is 6.37. The molecule has 0 radical (unpaired) electrons. The lowest BCUT2D eigenvalue weighted by molar-refractivity contribution is -0.145. The molecule has 0 saturated carbocycles. The molecule has 26 heavy (non-hydrogen) atoms. The number of nitrogens with one attached hydrogen (secondary N) is 1. The normalized spacial score (nSPS) is 12.9. The van der Waals surface area contributed by atoms with Crippen molar-refractivity contribution in [3.8, 4) is 5.75 Å². The maximum absolute atomic E-state index is 12.7. The number of carboxylic acids is 1. The molecule has 2 N–H and O–H groups in total. The lowest BCUT2D eigenvalue weighted by atomic mass is 9.87. The molecule has 0 aliphatic heterocycles. The molecule has 0 spiro atoms. The quantitative estimate of drug-likeness (QED) is 0.753. The monoisotopic (exact) mass is 355 g/mol. The average molecular weight is 355 g/mol. The van der Waals surface area contributed by atoms with Gasteiger partial charge in [-0.05, 0) is 50.1 Å². The number of hydrogen-bond acceptors (Lipinski definition) is 3. The van der Waals surface area contributed by atoms with E-state index < -0.39 is 17.8 Å². The Balaban J connectivity index is 2.14. The van der Waals surface area contributed by atoms with Gasteiger partial charge >= 0.3 is 5.97 Å². The van der Waals surface area contributed by atoms with E-state index in [0.717, 1.165) is 16.9 Å². The summed E-state index contributed by atoms with van der Waals surface area (Å²) in [5, 5.41) is 12.2. The molecule has 0 bridgehead atoms. The van der Waals surface area contributed by atoms with Crippen molar-refractivity contribution in [2.45, 2.75) is 27.2 Å². The molecule has 1 amide bonds. The first-order chi connectivity index (χ1) is 12.4. The van der Waals surface area contributed by atoms with E-state index in [1.165, 1.54) is 0 Å². The summed E-state index contributed by atoms with van der Waals surface area (Å²) >= 11 is 0. The minimum atomic E-state index is -0.982. The van der Waals surface area contributed by atoms with Gasteiger partial charge in [0.15, 0.2) is 0 Å². The van der Waals surface area contributed by atoms with Gasteiger partial charge in [0.2, 0.25) is 5.91 Å². The molecule has 5 heteroatoms. The van der Waals surface area contributed by atoms with E-state index in [1.54, 1.807) is 31.2 Å². The first kappa shape index (κ1) is 19.5. The van der Waals surface area contributed by atoms with Crippen LogP contribution in [0.3, 0.4) is 0 Å². The van der Waals surface area contributed by atoms with Crippen LogP contribution in [0.4, 0.5) is 5.69 Å². The van der Waals surface area contributed by atoms with Crippen LogP contribution in [0.2, 0.25) is 0 Å². The maximum atomic E-state index is 12.7. The molecular weight excluding hydrogens is 330 g/mol. The first-order valence-corrected chi connectivity index (χ1v) is 8.72. The number of benzene rings is 2. The minimum Gasteiger partial charge on any atom is -0.494 e. The van der Waals surface area contributed by atoms with Crippen molar-refractivity contribution in [1.29, 1.82) is 0 Å². The largest absolute Gasteiger partial charge is 0.494 e. The fourth-order valence-corrected chi connectivity index (χ4v) is 2.68. The van der Waals surface area contributed by atoms with Gasteiger partial charge in [0.1, 0.15) is 5.75 Å². The third kappa shape index (κ3) is 5.34. The van der Waals surface area contributed by atoms with Crippen molar-refractivity contribution in [2.24, 2.45) is 11.8 Å². The Morgan fingerprint density at radius 1 is 1.08 bits per heavy atom. The number of carbonyl (C=O) groups excluding carboxylic acids is 1. The second kappa shape index (κ2) is 9.04. The number of ether oxygens (including phenoxy) is 1. The summed E-state index contributed by atoms with van der Waals surface area (Å²) in [6.45, 7) is 6.03. The Bertz CT molecular complexity index is 738. The molecule has 2 rings (SSSR count). The van der Waals surface area contributed by atoms with E-state index in [9.17, 15) is 14.7 Å². The molecule has 2 aromatic carbocycles. The molecule has 0 aliphatic carbocycles. The van der Waals surface area contributed by atoms with E-state index in [1.807, 2.05) is 38.1 Å². The third-order valence-corrected chi connectivity index (χ3v) is 4.34. The van der Waals surface area contributed by atoms with Crippen LogP contribution in [0.1, 0.15) is 25.0 Å². The van der Waals surface area contributed by atoms with Gasteiger partial charge in [-0.3, -0.25) is 9.59 Å². The minimum absolute atomic E-state index is 0.301. The van der Waals surface area contributed by atoms with Crippen molar-refractivity contribution < 1.29 is 19.4 Å². The van der Waals surface area contributed by atoms with Crippen LogP contribution in [-0.2, 0) is 16.0 Å². The molecule has 0 aromatic heterocycles. The molecule has 2 aromatic rings. The highest BCUT2D eigenvalue weighted by Gasteiger charge is 2.30. The van der Waals surface area contributed by atoms with Crippen LogP contribution in [0.5, 0.6) is 5.75 Å². The predicted molar refractivity (Wildman–Crippen MR) is 101 cm³/mol. The van der Waals surface area contributed by atoms with Gasteiger partial charge in [-0.25, -0.2) is 0 Å². The number of amides is 1. The molecule has 138 valence electrons. The zero-order chi connectivity index (χ0) is 19.1. The second-order valence-corrected chi connectivity index (χ2v) is 6.37. The number of rotatable bonds is 8. The Morgan fingerprint density at radius 2 is 1.69 bits per heavy atom. The summed E-state index contributed by atoms with van der Waals surface area (Å²) in [5.74, 6) is -2.02. The van der Waals surface area contributed by atoms with Gasteiger partial charge in [0, 0.05) is 5.69 Å². The molecule has 5 nitrogen and oxygen atoms in total. The zero-order valence-corrected chi connectivity index (χ0v) is 15.4. The first-order valence-electron chi connectivity index (χ1n) is 8.72. The molecule has 0 fully saturated rings. The molecular formula is C21H25NO4. The average Bonchev–Trinajstić information content (AvgIpc) is 2.62. The Kier molecular flexibility index (Phi) is 6.78. The van der Waals surface area contributed by atoms with Crippen LogP contribution in [0.25, 0.3) is 0 Å². The van der Waals surface area contributed by atoms with E-state index in [0.29, 0.717) is 18.7 Å². The summed E-state index contributed by atoms with van der Waals surface area (Å²) in [6.07, 6.45) is 0.372. The zero-order valence-electron chi connectivity index (χ0n) is 15.4. The highest BCUT2D eigenvalue weighted by Crippen LogP contribution is 2.22. The lowest BCUT2D eigenvalue weighted by Crippen LogP contribution is -2.33. The van der Waals surface area contributed by atoms with Crippen molar-refractivity contribution in [3.05, 3.63) is 59.7 Å². The van der Waals surface area contributed by atoms with Crippen LogP contribution in [0.15, 0.2) is 48.5 Å². The Hall–Kier alpha value is -2.82. The predicted octanol–water partition coefficient (Wildman–Crippen LogP) is 3.91. The molecule has 0 saturated heterocycles. The fraction of sp³-hybridized carbons (Fsp3) is 0.333. The molecule has 0 aliphatic rings. The summed E-state index contributed by atoms with van der Waals surface area (Å²) in [4.78, 5) is 24.2. The van der Waals surface area contributed by atoms with Crippen LogP contribution < -0.4 is 10.1 Å². The maximum Gasteiger partial charge on any atom is 0.307 e. The smallest absolute Gasteiger partial charge is 0.307 e. The van der Waals surface area contributed by atoms with Crippen molar-refractivity contribution in [3.63, 3.8) is 0 Å².